The summed E-state index contributed by atoms with van der Waals surface area (Å²) in [5.74, 6) is 0.334. The van der Waals surface area contributed by atoms with Crippen LogP contribution in [0, 0.1) is 0 Å². The van der Waals surface area contributed by atoms with Gasteiger partial charge in [-0.3, -0.25) is 4.79 Å². The van der Waals surface area contributed by atoms with Gasteiger partial charge in [-0.1, -0.05) is 41.9 Å². The van der Waals surface area contributed by atoms with Gasteiger partial charge in [0.1, 0.15) is 12.4 Å². The Morgan fingerprint density at radius 1 is 0.966 bits per heavy atom. The van der Waals surface area contributed by atoms with Crippen molar-refractivity contribution in [1.82, 2.24) is 5.32 Å². The summed E-state index contributed by atoms with van der Waals surface area (Å²) < 4.78 is 28.7. The molecule has 0 aliphatic rings. The van der Waals surface area contributed by atoms with E-state index in [1.54, 1.807) is 42.5 Å². The molecule has 0 aromatic heterocycles. The number of hydrogen-bond acceptors (Lipinski definition) is 4. The van der Waals surface area contributed by atoms with E-state index in [4.69, 9.17) is 16.3 Å². The number of carbonyl (C=O) groups excluding carboxylic acids is 1. The van der Waals surface area contributed by atoms with Crippen LogP contribution < -0.4 is 10.1 Å². The van der Waals surface area contributed by atoms with E-state index in [9.17, 15) is 13.2 Å². The number of carbonyl (C=O) groups is 1. The van der Waals surface area contributed by atoms with Gasteiger partial charge in [-0.15, -0.1) is 0 Å². The Balaban J connectivity index is 1.59. The van der Waals surface area contributed by atoms with Crippen molar-refractivity contribution in [1.29, 1.82) is 0 Å². The van der Waals surface area contributed by atoms with Crippen LogP contribution >= 0.6 is 11.6 Å². The molecule has 0 fully saturated rings. The van der Waals surface area contributed by atoms with Gasteiger partial charge in [-0.05, 0) is 53.6 Å². The second-order valence-electron chi connectivity index (χ2n) is 6.55. The molecule has 0 saturated carbocycles. The molecule has 0 aliphatic heterocycles. The summed E-state index contributed by atoms with van der Waals surface area (Å²) in [5.41, 5.74) is 2.21. The zero-order chi connectivity index (χ0) is 20.9. The quantitative estimate of drug-likeness (QED) is 0.609. The first-order valence-corrected chi connectivity index (χ1v) is 11.1. The van der Waals surface area contributed by atoms with E-state index in [0.29, 0.717) is 22.9 Å². The van der Waals surface area contributed by atoms with Crippen LogP contribution in [0.1, 0.15) is 21.5 Å². The topological polar surface area (TPSA) is 72.5 Å². The van der Waals surface area contributed by atoms with Crippen molar-refractivity contribution in [2.45, 2.75) is 18.0 Å². The first-order valence-electron chi connectivity index (χ1n) is 8.86. The van der Waals surface area contributed by atoms with Crippen LogP contribution in [0.5, 0.6) is 5.75 Å². The zero-order valence-electron chi connectivity index (χ0n) is 15.8. The van der Waals surface area contributed by atoms with Gasteiger partial charge >= 0.3 is 0 Å². The number of ether oxygens (including phenoxy) is 1. The normalized spacial score (nSPS) is 11.1. The minimum Gasteiger partial charge on any atom is -0.489 e. The van der Waals surface area contributed by atoms with Gasteiger partial charge in [0.15, 0.2) is 9.84 Å². The molecule has 0 saturated heterocycles. The molecule has 0 bridgehead atoms. The van der Waals surface area contributed by atoms with Crippen molar-refractivity contribution < 1.29 is 17.9 Å². The van der Waals surface area contributed by atoms with E-state index >= 15 is 0 Å². The predicted molar refractivity (Wildman–Crippen MR) is 113 cm³/mol. The van der Waals surface area contributed by atoms with Gasteiger partial charge in [0, 0.05) is 23.4 Å². The van der Waals surface area contributed by atoms with Gasteiger partial charge in [0.2, 0.25) is 0 Å². The lowest BCUT2D eigenvalue weighted by molar-refractivity contribution is 0.0950. The summed E-state index contributed by atoms with van der Waals surface area (Å²) in [5, 5.41) is 3.46. The molecule has 0 spiro atoms. The average Bonchev–Trinajstić information content (AvgIpc) is 2.70. The number of halogens is 1. The van der Waals surface area contributed by atoms with Crippen molar-refractivity contribution in [3.8, 4) is 5.75 Å². The number of amides is 1. The standard InChI is InChI=1S/C22H20ClNO4S/c1-29(26,27)21-10-8-16(9-11-21)14-24-22(25)18-5-3-7-20(13-18)28-15-17-4-2-6-19(23)12-17/h2-13H,14-15H2,1H3,(H,24,25). The molecule has 1 amide bonds. The van der Waals surface area contributed by atoms with E-state index in [1.807, 2.05) is 18.2 Å². The molecular formula is C22H20ClNO4S. The fourth-order valence-corrected chi connectivity index (χ4v) is 3.50. The second-order valence-corrected chi connectivity index (χ2v) is 9.00. The molecule has 0 atom stereocenters. The number of hydrogen-bond donors (Lipinski definition) is 1. The fraction of sp³-hybridized carbons (Fsp3) is 0.136. The smallest absolute Gasteiger partial charge is 0.251 e. The second kappa shape index (κ2) is 9.11. The highest BCUT2D eigenvalue weighted by Gasteiger charge is 2.09. The number of sulfone groups is 1. The molecule has 3 aromatic rings. The highest BCUT2D eigenvalue weighted by Crippen LogP contribution is 2.17. The summed E-state index contributed by atoms with van der Waals surface area (Å²) in [6, 6.07) is 20.7. The van der Waals surface area contributed by atoms with Gasteiger partial charge in [0.05, 0.1) is 4.90 Å². The molecule has 29 heavy (non-hydrogen) atoms. The van der Waals surface area contributed by atoms with Crippen molar-refractivity contribution in [2.75, 3.05) is 6.26 Å². The van der Waals surface area contributed by atoms with Gasteiger partial charge in [-0.25, -0.2) is 8.42 Å². The van der Waals surface area contributed by atoms with E-state index in [-0.39, 0.29) is 17.3 Å². The molecular weight excluding hydrogens is 410 g/mol. The molecule has 0 heterocycles. The Kier molecular flexibility index (Phi) is 6.56. The van der Waals surface area contributed by atoms with Crippen molar-refractivity contribution in [3.63, 3.8) is 0 Å². The van der Waals surface area contributed by atoms with Gasteiger partial charge < -0.3 is 10.1 Å². The summed E-state index contributed by atoms with van der Waals surface area (Å²) in [6.45, 7) is 0.634. The van der Waals surface area contributed by atoms with E-state index in [1.165, 1.54) is 12.1 Å². The van der Waals surface area contributed by atoms with Crippen LogP contribution in [0.25, 0.3) is 0 Å². The highest BCUT2D eigenvalue weighted by molar-refractivity contribution is 7.90. The molecule has 0 unspecified atom stereocenters. The van der Waals surface area contributed by atoms with E-state index in [0.717, 1.165) is 17.4 Å². The number of rotatable bonds is 7. The maximum Gasteiger partial charge on any atom is 0.251 e. The summed E-state index contributed by atoms with van der Waals surface area (Å²) in [6.07, 6.45) is 1.16. The van der Waals surface area contributed by atoms with Crippen molar-refractivity contribution >= 4 is 27.3 Å². The third-order valence-corrected chi connectivity index (χ3v) is 5.56. The molecule has 0 aliphatic carbocycles. The first-order chi connectivity index (χ1) is 13.8. The molecule has 3 aromatic carbocycles. The minimum absolute atomic E-state index is 0.245. The van der Waals surface area contributed by atoms with Crippen LogP contribution in [0.3, 0.4) is 0 Å². The fourth-order valence-electron chi connectivity index (χ4n) is 2.66. The minimum atomic E-state index is -3.24. The maximum absolute atomic E-state index is 12.4. The Morgan fingerprint density at radius 3 is 2.38 bits per heavy atom. The van der Waals surface area contributed by atoms with Crippen molar-refractivity contribution in [2.24, 2.45) is 0 Å². The van der Waals surface area contributed by atoms with Crippen LogP contribution in [0.4, 0.5) is 0 Å². The molecule has 3 rings (SSSR count). The molecule has 5 nitrogen and oxygen atoms in total. The average molecular weight is 430 g/mol. The lowest BCUT2D eigenvalue weighted by Crippen LogP contribution is -2.22. The van der Waals surface area contributed by atoms with Gasteiger partial charge in [0.25, 0.3) is 5.91 Å². The predicted octanol–water partition coefficient (Wildman–Crippen LogP) is 4.25. The van der Waals surface area contributed by atoms with Crippen LogP contribution in [0.15, 0.2) is 77.7 Å². The van der Waals surface area contributed by atoms with Gasteiger partial charge in [-0.2, -0.15) is 0 Å². The van der Waals surface area contributed by atoms with Crippen LogP contribution in [-0.4, -0.2) is 20.6 Å². The number of benzene rings is 3. The van der Waals surface area contributed by atoms with Crippen molar-refractivity contribution in [3.05, 3.63) is 94.5 Å². The third-order valence-electron chi connectivity index (χ3n) is 4.20. The monoisotopic (exact) mass is 429 g/mol. The summed E-state index contributed by atoms with van der Waals surface area (Å²) in [7, 11) is -3.24. The molecule has 7 heteroatoms. The highest BCUT2D eigenvalue weighted by atomic mass is 35.5. The largest absolute Gasteiger partial charge is 0.489 e. The van der Waals surface area contributed by atoms with E-state index < -0.39 is 9.84 Å². The summed E-state index contributed by atoms with van der Waals surface area (Å²) >= 11 is 5.97. The Hall–Kier alpha value is -2.83. The molecule has 1 N–H and O–H groups in total. The van der Waals surface area contributed by atoms with Crippen LogP contribution in [0.2, 0.25) is 5.02 Å². The lowest BCUT2D eigenvalue weighted by atomic mass is 10.2. The Morgan fingerprint density at radius 2 is 1.69 bits per heavy atom. The summed E-state index contributed by atoms with van der Waals surface area (Å²) in [4.78, 5) is 12.7. The zero-order valence-corrected chi connectivity index (χ0v) is 17.3. The third kappa shape index (κ3) is 6.07. The lowest BCUT2D eigenvalue weighted by Gasteiger charge is -2.09. The van der Waals surface area contributed by atoms with E-state index in [2.05, 4.69) is 5.32 Å². The maximum atomic E-state index is 12.4. The number of nitrogens with one attached hydrogen (secondary N) is 1. The molecule has 150 valence electrons. The Labute approximate surface area is 175 Å². The molecule has 0 radical (unpaired) electrons. The Bertz CT molecular complexity index is 1110. The SMILES string of the molecule is CS(=O)(=O)c1ccc(CNC(=O)c2cccc(OCc3cccc(Cl)c3)c2)cc1. The van der Waals surface area contributed by atoms with Crippen LogP contribution in [-0.2, 0) is 23.0 Å². The first kappa shape index (κ1) is 20.9.